The summed E-state index contributed by atoms with van der Waals surface area (Å²) in [5, 5.41) is 0. The molecule has 0 atom stereocenters. The third-order valence-corrected chi connectivity index (χ3v) is 3.92. The second-order valence-corrected chi connectivity index (χ2v) is 5.20. The first-order valence-electron chi connectivity index (χ1n) is 6.31. The fourth-order valence-electron chi connectivity index (χ4n) is 2.74. The Morgan fingerprint density at radius 3 is 1.95 bits per heavy atom. The minimum atomic E-state index is -1.07. The highest BCUT2D eigenvalue weighted by Crippen LogP contribution is 2.39. The average Bonchev–Trinajstić information content (AvgIpc) is 2.63. The van der Waals surface area contributed by atoms with Crippen LogP contribution >= 0.6 is 0 Å². The van der Waals surface area contributed by atoms with Gasteiger partial charge in [0.2, 0.25) is 0 Å². The second kappa shape index (κ2) is 3.89. The van der Waals surface area contributed by atoms with E-state index < -0.39 is 5.41 Å². The molecule has 2 nitrogen and oxygen atoms in total. The highest BCUT2D eigenvalue weighted by molar-refractivity contribution is 6.32. The van der Waals surface area contributed by atoms with Gasteiger partial charge < -0.3 is 0 Å². The lowest BCUT2D eigenvalue weighted by molar-refractivity contribution is 0.0810. The molecular formula is C17H14O2. The molecule has 0 amide bonds. The van der Waals surface area contributed by atoms with Gasteiger partial charge in [0.1, 0.15) is 5.41 Å². The lowest BCUT2D eigenvalue weighted by Crippen LogP contribution is -2.34. The molecule has 0 aliphatic heterocycles. The predicted molar refractivity (Wildman–Crippen MR) is 73.6 cm³/mol. The van der Waals surface area contributed by atoms with Crippen molar-refractivity contribution in [2.75, 3.05) is 0 Å². The summed E-state index contributed by atoms with van der Waals surface area (Å²) in [5.41, 5.74) is 1.83. The molecule has 0 radical (unpaired) electrons. The maximum absolute atomic E-state index is 12.6. The predicted octanol–water partition coefficient (Wildman–Crippen LogP) is 3.33. The molecule has 0 heterocycles. The van der Waals surface area contributed by atoms with Gasteiger partial charge in [-0.15, -0.1) is 0 Å². The van der Waals surface area contributed by atoms with Crippen molar-refractivity contribution in [3.8, 4) is 0 Å². The topological polar surface area (TPSA) is 34.1 Å². The SMILES string of the molecule is Cc1cccc(C2(C)C(=O)c3ccccc3C2=O)c1. The van der Waals surface area contributed by atoms with Crippen molar-refractivity contribution in [3.63, 3.8) is 0 Å². The summed E-state index contributed by atoms with van der Waals surface area (Å²) in [6.07, 6.45) is 0. The summed E-state index contributed by atoms with van der Waals surface area (Å²) in [6.45, 7) is 3.69. The monoisotopic (exact) mass is 250 g/mol. The third-order valence-electron chi connectivity index (χ3n) is 3.92. The molecule has 2 aromatic rings. The lowest BCUT2D eigenvalue weighted by atomic mass is 9.77. The smallest absolute Gasteiger partial charge is 0.181 e. The molecule has 1 aliphatic rings. The van der Waals surface area contributed by atoms with E-state index in [1.165, 1.54) is 0 Å². The van der Waals surface area contributed by atoms with Crippen molar-refractivity contribution >= 4 is 11.6 Å². The molecule has 2 aromatic carbocycles. The Bertz CT molecular complexity index is 663. The average molecular weight is 250 g/mol. The van der Waals surface area contributed by atoms with Gasteiger partial charge in [-0.3, -0.25) is 9.59 Å². The number of fused-ring (bicyclic) bond motifs is 1. The second-order valence-electron chi connectivity index (χ2n) is 5.20. The molecule has 1 aliphatic carbocycles. The van der Waals surface area contributed by atoms with Crippen LogP contribution in [0.2, 0.25) is 0 Å². The zero-order valence-electron chi connectivity index (χ0n) is 10.9. The maximum atomic E-state index is 12.6. The molecule has 0 fully saturated rings. The van der Waals surface area contributed by atoms with E-state index in [1.54, 1.807) is 31.2 Å². The number of ketones is 2. The molecule has 0 bridgehead atoms. The Hall–Kier alpha value is -2.22. The molecule has 2 heteroatoms. The Morgan fingerprint density at radius 2 is 1.42 bits per heavy atom. The third kappa shape index (κ3) is 1.49. The Balaban J connectivity index is 2.23. The Morgan fingerprint density at radius 1 is 0.842 bits per heavy atom. The zero-order valence-corrected chi connectivity index (χ0v) is 10.9. The van der Waals surface area contributed by atoms with E-state index in [2.05, 4.69) is 0 Å². The first kappa shape index (κ1) is 11.8. The van der Waals surface area contributed by atoms with Crippen LogP contribution in [-0.2, 0) is 5.41 Å². The fraction of sp³-hybridized carbons (Fsp3) is 0.176. The van der Waals surface area contributed by atoms with Gasteiger partial charge in [-0.2, -0.15) is 0 Å². The Kier molecular flexibility index (Phi) is 2.42. The van der Waals surface area contributed by atoms with Crippen molar-refractivity contribution in [1.82, 2.24) is 0 Å². The molecule has 94 valence electrons. The molecule has 19 heavy (non-hydrogen) atoms. The first-order valence-corrected chi connectivity index (χ1v) is 6.31. The number of Topliss-reactive ketones (excluding diaryl/α,β-unsaturated/α-hetero) is 2. The minimum absolute atomic E-state index is 0.0984. The molecule has 0 saturated carbocycles. The van der Waals surface area contributed by atoms with E-state index in [1.807, 2.05) is 31.2 Å². The van der Waals surface area contributed by atoms with Crippen LogP contribution in [-0.4, -0.2) is 11.6 Å². The number of rotatable bonds is 1. The number of hydrogen-bond acceptors (Lipinski definition) is 2. The highest BCUT2D eigenvalue weighted by Gasteiger charge is 2.50. The summed E-state index contributed by atoms with van der Waals surface area (Å²) >= 11 is 0. The fourth-order valence-corrected chi connectivity index (χ4v) is 2.74. The van der Waals surface area contributed by atoms with E-state index in [0.29, 0.717) is 11.1 Å². The van der Waals surface area contributed by atoms with E-state index >= 15 is 0 Å². The van der Waals surface area contributed by atoms with Crippen LogP contribution in [0.25, 0.3) is 0 Å². The number of benzene rings is 2. The lowest BCUT2D eigenvalue weighted by Gasteiger charge is -2.21. The van der Waals surface area contributed by atoms with Gasteiger partial charge in [0.15, 0.2) is 11.6 Å². The normalized spacial score (nSPS) is 16.5. The molecule has 0 N–H and O–H groups in total. The van der Waals surface area contributed by atoms with E-state index in [-0.39, 0.29) is 11.6 Å². The zero-order chi connectivity index (χ0) is 13.6. The highest BCUT2D eigenvalue weighted by atomic mass is 16.2. The van der Waals surface area contributed by atoms with Crippen molar-refractivity contribution < 1.29 is 9.59 Å². The van der Waals surface area contributed by atoms with Gasteiger partial charge in [0, 0.05) is 11.1 Å². The minimum Gasteiger partial charge on any atom is -0.293 e. The van der Waals surface area contributed by atoms with Crippen LogP contribution in [0, 0.1) is 6.92 Å². The number of aryl methyl sites for hydroxylation is 1. The van der Waals surface area contributed by atoms with Crippen molar-refractivity contribution in [3.05, 3.63) is 70.8 Å². The molecular weight excluding hydrogens is 236 g/mol. The van der Waals surface area contributed by atoms with Gasteiger partial charge in [-0.1, -0.05) is 54.1 Å². The van der Waals surface area contributed by atoms with E-state index in [4.69, 9.17) is 0 Å². The molecule has 0 aromatic heterocycles. The van der Waals surface area contributed by atoms with E-state index in [0.717, 1.165) is 11.1 Å². The number of hydrogen-bond donors (Lipinski definition) is 0. The van der Waals surface area contributed by atoms with Crippen LogP contribution in [0.5, 0.6) is 0 Å². The van der Waals surface area contributed by atoms with Gasteiger partial charge in [0.05, 0.1) is 0 Å². The molecule has 0 unspecified atom stereocenters. The van der Waals surface area contributed by atoms with Gasteiger partial charge in [0.25, 0.3) is 0 Å². The van der Waals surface area contributed by atoms with Crippen molar-refractivity contribution in [1.29, 1.82) is 0 Å². The van der Waals surface area contributed by atoms with Crippen LogP contribution in [0.15, 0.2) is 48.5 Å². The van der Waals surface area contributed by atoms with Gasteiger partial charge in [-0.05, 0) is 19.4 Å². The standard InChI is InChI=1S/C17H14O2/c1-11-6-5-7-12(10-11)17(2)15(18)13-8-3-4-9-14(13)16(17)19/h3-10H,1-2H3. The van der Waals surface area contributed by atoms with Gasteiger partial charge in [-0.25, -0.2) is 0 Å². The summed E-state index contributed by atoms with van der Waals surface area (Å²) in [4.78, 5) is 25.2. The first-order chi connectivity index (χ1) is 9.05. The van der Waals surface area contributed by atoms with E-state index in [9.17, 15) is 9.59 Å². The van der Waals surface area contributed by atoms with Gasteiger partial charge >= 0.3 is 0 Å². The quantitative estimate of drug-likeness (QED) is 0.727. The van der Waals surface area contributed by atoms with Crippen molar-refractivity contribution in [2.45, 2.75) is 19.3 Å². The van der Waals surface area contributed by atoms with Crippen molar-refractivity contribution in [2.24, 2.45) is 0 Å². The van der Waals surface area contributed by atoms with Crippen LogP contribution in [0.4, 0.5) is 0 Å². The summed E-state index contributed by atoms with van der Waals surface area (Å²) in [6, 6.07) is 14.7. The largest absolute Gasteiger partial charge is 0.293 e. The summed E-state index contributed by atoms with van der Waals surface area (Å²) in [5.74, 6) is -0.197. The summed E-state index contributed by atoms with van der Waals surface area (Å²) in [7, 11) is 0. The number of carbonyl (C=O) groups is 2. The van der Waals surface area contributed by atoms with Crippen LogP contribution < -0.4 is 0 Å². The van der Waals surface area contributed by atoms with Crippen LogP contribution in [0.1, 0.15) is 38.8 Å². The summed E-state index contributed by atoms with van der Waals surface area (Å²) < 4.78 is 0. The Labute approximate surface area is 112 Å². The number of carbonyl (C=O) groups excluding carboxylic acids is 2. The van der Waals surface area contributed by atoms with Crippen LogP contribution in [0.3, 0.4) is 0 Å². The maximum Gasteiger partial charge on any atom is 0.181 e. The molecule has 0 saturated heterocycles. The molecule has 0 spiro atoms. The molecule has 3 rings (SSSR count).